The smallest absolute Gasteiger partial charge is 0.0707 e. The number of nitrogens with zero attached hydrogens (tertiary/aromatic N) is 1. The van der Waals surface area contributed by atoms with Gasteiger partial charge in [-0.3, -0.25) is 4.90 Å². The van der Waals surface area contributed by atoms with Gasteiger partial charge < -0.3 is 10.1 Å². The number of nitrogens with one attached hydrogen (secondary N) is 1. The lowest BCUT2D eigenvalue weighted by Gasteiger charge is -2.32. The molecular weight excluding hydrogens is 176 g/mol. The maximum absolute atomic E-state index is 5.81. The van der Waals surface area contributed by atoms with E-state index in [0.29, 0.717) is 12.2 Å². The van der Waals surface area contributed by atoms with E-state index in [0.717, 1.165) is 6.04 Å². The monoisotopic (exact) mass is 196 g/mol. The van der Waals surface area contributed by atoms with Gasteiger partial charge in [-0.25, -0.2) is 0 Å². The Labute approximate surface area is 85.8 Å². The first-order chi connectivity index (χ1) is 6.90. The first-order valence-corrected chi connectivity index (χ1v) is 6.01. The van der Waals surface area contributed by atoms with Crippen LogP contribution in [0.5, 0.6) is 0 Å². The van der Waals surface area contributed by atoms with E-state index in [1.54, 1.807) is 0 Å². The summed E-state index contributed by atoms with van der Waals surface area (Å²) in [5.41, 5.74) is 0. The molecule has 1 saturated carbocycles. The summed E-state index contributed by atoms with van der Waals surface area (Å²) in [7, 11) is 0. The van der Waals surface area contributed by atoms with Crippen LogP contribution in [0.3, 0.4) is 0 Å². The highest BCUT2D eigenvalue weighted by molar-refractivity contribution is 4.86. The normalized spacial score (nSPS) is 37.7. The number of morpholine rings is 1. The van der Waals surface area contributed by atoms with E-state index in [2.05, 4.69) is 10.2 Å². The average Bonchev–Trinajstić information content (AvgIpc) is 2.93. The van der Waals surface area contributed by atoms with Crippen LogP contribution in [0.15, 0.2) is 0 Å². The summed E-state index contributed by atoms with van der Waals surface area (Å²) in [5, 5.41) is 3.57. The number of rotatable bonds is 4. The zero-order valence-corrected chi connectivity index (χ0v) is 8.74. The second-order valence-corrected chi connectivity index (χ2v) is 4.95. The highest BCUT2D eigenvalue weighted by Crippen LogP contribution is 2.25. The summed E-state index contributed by atoms with van der Waals surface area (Å²) in [6, 6.07) is 0.854. The number of likely N-dealkylation sites (tertiary alicyclic amines) is 1. The third kappa shape index (κ3) is 2.10. The van der Waals surface area contributed by atoms with Gasteiger partial charge in [0.25, 0.3) is 0 Å². The zero-order chi connectivity index (χ0) is 9.38. The minimum Gasteiger partial charge on any atom is -0.372 e. The predicted molar refractivity (Wildman–Crippen MR) is 55.4 cm³/mol. The third-order valence-electron chi connectivity index (χ3n) is 3.56. The van der Waals surface area contributed by atoms with Crippen LogP contribution < -0.4 is 5.32 Å². The first-order valence-electron chi connectivity index (χ1n) is 6.01. The van der Waals surface area contributed by atoms with Crippen molar-refractivity contribution in [2.24, 2.45) is 0 Å². The predicted octanol–water partition coefficient (Wildman–Crippen LogP) is 0.602. The molecule has 0 amide bonds. The third-order valence-corrected chi connectivity index (χ3v) is 3.56. The molecule has 0 aromatic heterocycles. The molecular formula is C11H20N2O. The quantitative estimate of drug-likeness (QED) is 0.712. The number of hydrogen-bond acceptors (Lipinski definition) is 3. The lowest BCUT2D eigenvalue weighted by Crippen LogP contribution is -2.45. The minimum absolute atomic E-state index is 0.551. The maximum atomic E-state index is 5.81. The van der Waals surface area contributed by atoms with Crippen molar-refractivity contribution < 1.29 is 4.74 Å². The van der Waals surface area contributed by atoms with Crippen LogP contribution in [0, 0.1) is 0 Å². The first kappa shape index (κ1) is 9.13. The molecule has 3 aliphatic rings. The fourth-order valence-corrected chi connectivity index (χ4v) is 2.60. The van der Waals surface area contributed by atoms with Crippen molar-refractivity contribution in [1.82, 2.24) is 10.2 Å². The molecule has 3 rings (SSSR count). The van der Waals surface area contributed by atoms with Gasteiger partial charge in [-0.15, -0.1) is 0 Å². The molecule has 0 spiro atoms. The molecule has 1 N–H and O–H groups in total. The van der Waals surface area contributed by atoms with Gasteiger partial charge in [0.2, 0.25) is 0 Å². The SMILES string of the molecule is C(CN1CC2CCC(C1)O2)NC1CC1. The van der Waals surface area contributed by atoms with E-state index in [-0.39, 0.29) is 0 Å². The van der Waals surface area contributed by atoms with E-state index in [4.69, 9.17) is 4.74 Å². The molecule has 3 heteroatoms. The van der Waals surface area contributed by atoms with Gasteiger partial charge in [0, 0.05) is 32.2 Å². The fourth-order valence-electron chi connectivity index (χ4n) is 2.60. The van der Waals surface area contributed by atoms with Crippen molar-refractivity contribution in [3.05, 3.63) is 0 Å². The van der Waals surface area contributed by atoms with Crippen molar-refractivity contribution in [3.8, 4) is 0 Å². The van der Waals surface area contributed by atoms with E-state index in [9.17, 15) is 0 Å². The second-order valence-electron chi connectivity index (χ2n) is 4.95. The molecule has 14 heavy (non-hydrogen) atoms. The van der Waals surface area contributed by atoms with E-state index in [1.807, 2.05) is 0 Å². The van der Waals surface area contributed by atoms with Crippen LogP contribution in [0.25, 0.3) is 0 Å². The Balaban J connectivity index is 1.39. The lowest BCUT2D eigenvalue weighted by atomic mass is 10.2. The van der Waals surface area contributed by atoms with Gasteiger partial charge in [0.1, 0.15) is 0 Å². The standard InChI is InChI=1S/C11H20N2O/c1-2-9(1)12-5-6-13-7-10-3-4-11(8-13)14-10/h9-12H,1-8H2. The molecule has 2 heterocycles. The molecule has 0 aromatic carbocycles. The van der Waals surface area contributed by atoms with Gasteiger partial charge in [0.15, 0.2) is 0 Å². The Morgan fingerprint density at radius 1 is 1.07 bits per heavy atom. The van der Waals surface area contributed by atoms with Gasteiger partial charge in [-0.1, -0.05) is 0 Å². The van der Waals surface area contributed by atoms with Crippen LogP contribution in [-0.2, 0) is 4.74 Å². The number of hydrogen-bond donors (Lipinski definition) is 1. The van der Waals surface area contributed by atoms with Crippen molar-refractivity contribution >= 4 is 0 Å². The van der Waals surface area contributed by atoms with E-state index in [1.165, 1.54) is 51.9 Å². The van der Waals surface area contributed by atoms with Crippen molar-refractivity contribution in [3.63, 3.8) is 0 Å². The molecule has 1 aliphatic carbocycles. The molecule has 2 unspecified atom stereocenters. The molecule has 0 radical (unpaired) electrons. The van der Waals surface area contributed by atoms with Crippen molar-refractivity contribution in [2.45, 2.75) is 43.9 Å². The number of ether oxygens (including phenoxy) is 1. The maximum Gasteiger partial charge on any atom is 0.0707 e. The summed E-state index contributed by atoms with van der Waals surface area (Å²) >= 11 is 0. The Morgan fingerprint density at radius 2 is 1.79 bits per heavy atom. The Hall–Kier alpha value is -0.120. The van der Waals surface area contributed by atoms with E-state index >= 15 is 0 Å². The summed E-state index contributed by atoms with van der Waals surface area (Å²) in [4.78, 5) is 2.57. The topological polar surface area (TPSA) is 24.5 Å². The molecule has 2 aliphatic heterocycles. The molecule has 2 saturated heterocycles. The van der Waals surface area contributed by atoms with Crippen molar-refractivity contribution in [1.29, 1.82) is 0 Å². The summed E-state index contributed by atoms with van der Waals surface area (Å²) in [6.07, 6.45) is 6.47. The van der Waals surface area contributed by atoms with E-state index < -0.39 is 0 Å². The Kier molecular flexibility index (Phi) is 2.48. The molecule has 3 nitrogen and oxygen atoms in total. The highest BCUT2D eigenvalue weighted by atomic mass is 16.5. The highest BCUT2D eigenvalue weighted by Gasteiger charge is 2.33. The molecule has 2 atom stereocenters. The average molecular weight is 196 g/mol. The largest absolute Gasteiger partial charge is 0.372 e. The van der Waals surface area contributed by atoms with Gasteiger partial charge in [-0.2, -0.15) is 0 Å². The zero-order valence-electron chi connectivity index (χ0n) is 8.74. The summed E-state index contributed by atoms with van der Waals surface area (Å²) in [5.74, 6) is 0. The van der Waals surface area contributed by atoms with Crippen molar-refractivity contribution in [2.75, 3.05) is 26.2 Å². The Morgan fingerprint density at radius 3 is 2.43 bits per heavy atom. The summed E-state index contributed by atoms with van der Waals surface area (Å²) < 4.78 is 5.81. The minimum atomic E-state index is 0.551. The fraction of sp³-hybridized carbons (Fsp3) is 1.00. The van der Waals surface area contributed by atoms with Crippen LogP contribution >= 0.6 is 0 Å². The van der Waals surface area contributed by atoms with Gasteiger partial charge >= 0.3 is 0 Å². The summed E-state index contributed by atoms with van der Waals surface area (Å²) in [6.45, 7) is 4.72. The molecule has 0 aromatic rings. The van der Waals surface area contributed by atoms with Crippen LogP contribution in [0.1, 0.15) is 25.7 Å². The molecule has 80 valence electrons. The van der Waals surface area contributed by atoms with Gasteiger partial charge in [-0.05, 0) is 25.7 Å². The molecule has 3 fully saturated rings. The Bertz CT molecular complexity index is 193. The van der Waals surface area contributed by atoms with Crippen LogP contribution in [-0.4, -0.2) is 49.3 Å². The lowest BCUT2D eigenvalue weighted by molar-refractivity contribution is -0.0376. The van der Waals surface area contributed by atoms with Gasteiger partial charge in [0.05, 0.1) is 12.2 Å². The van der Waals surface area contributed by atoms with Crippen LogP contribution in [0.2, 0.25) is 0 Å². The van der Waals surface area contributed by atoms with Crippen LogP contribution in [0.4, 0.5) is 0 Å². The second kappa shape index (κ2) is 3.80. The number of fused-ring (bicyclic) bond motifs is 2. The molecule has 2 bridgehead atoms.